The summed E-state index contributed by atoms with van der Waals surface area (Å²) in [6, 6.07) is 3.14. The molecule has 0 amide bonds. The van der Waals surface area contributed by atoms with Crippen LogP contribution in [0.15, 0.2) is 18.2 Å². The molecule has 0 saturated heterocycles. The number of rotatable bonds is 5. The van der Waals surface area contributed by atoms with E-state index in [2.05, 4.69) is 5.32 Å². The molecule has 3 nitrogen and oxygen atoms in total. The molecule has 1 aromatic rings. The zero-order valence-corrected chi connectivity index (χ0v) is 10.6. The highest BCUT2D eigenvalue weighted by Crippen LogP contribution is 2.25. The smallest absolute Gasteiger partial charge is 0.131 e. The van der Waals surface area contributed by atoms with Crippen molar-refractivity contribution in [2.75, 3.05) is 13.1 Å². The molecule has 0 aliphatic heterocycles. The topological polar surface area (TPSA) is 52.5 Å². The summed E-state index contributed by atoms with van der Waals surface area (Å²) in [7, 11) is 0. The number of halogens is 2. The fourth-order valence-corrected chi connectivity index (χ4v) is 2.54. The van der Waals surface area contributed by atoms with E-state index in [9.17, 15) is 19.0 Å². The molecule has 0 bridgehead atoms. The second-order valence-corrected chi connectivity index (χ2v) is 5.10. The van der Waals surface area contributed by atoms with Crippen molar-refractivity contribution in [2.45, 2.75) is 31.5 Å². The van der Waals surface area contributed by atoms with Gasteiger partial charge in [-0.2, -0.15) is 0 Å². The van der Waals surface area contributed by atoms with E-state index in [1.54, 1.807) is 0 Å². The van der Waals surface area contributed by atoms with E-state index in [1.807, 2.05) is 0 Å². The fourth-order valence-electron chi connectivity index (χ4n) is 2.54. The first kappa shape index (κ1) is 14.4. The standard InChI is InChI=1S/C14H19F2NO2/c15-10-4-5-11(12(16)6-10)14(19)8-17-7-9-2-1-3-13(9)18/h4-6,9,13-14,17-19H,1-3,7-8H2. The Bertz CT molecular complexity index is 428. The third-order valence-corrected chi connectivity index (χ3v) is 3.68. The largest absolute Gasteiger partial charge is 0.393 e. The van der Waals surface area contributed by atoms with Crippen molar-refractivity contribution in [3.63, 3.8) is 0 Å². The van der Waals surface area contributed by atoms with Crippen LogP contribution in [-0.4, -0.2) is 29.4 Å². The van der Waals surface area contributed by atoms with E-state index in [1.165, 1.54) is 6.07 Å². The number of benzene rings is 1. The number of hydrogen-bond acceptors (Lipinski definition) is 3. The molecule has 1 saturated carbocycles. The molecule has 0 radical (unpaired) electrons. The van der Waals surface area contributed by atoms with Crippen LogP contribution >= 0.6 is 0 Å². The number of aliphatic hydroxyl groups excluding tert-OH is 2. The summed E-state index contributed by atoms with van der Waals surface area (Å²) in [5.41, 5.74) is 0.0841. The predicted molar refractivity (Wildman–Crippen MR) is 67.5 cm³/mol. The van der Waals surface area contributed by atoms with Crippen LogP contribution < -0.4 is 5.32 Å². The van der Waals surface area contributed by atoms with E-state index in [4.69, 9.17) is 0 Å². The van der Waals surface area contributed by atoms with Gasteiger partial charge in [0.05, 0.1) is 12.2 Å². The van der Waals surface area contributed by atoms with Gasteiger partial charge in [-0.05, 0) is 24.8 Å². The van der Waals surface area contributed by atoms with Crippen molar-refractivity contribution in [3.05, 3.63) is 35.4 Å². The van der Waals surface area contributed by atoms with Crippen molar-refractivity contribution in [1.82, 2.24) is 5.32 Å². The molecule has 5 heteroatoms. The van der Waals surface area contributed by atoms with Crippen LogP contribution in [0.4, 0.5) is 8.78 Å². The summed E-state index contributed by atoms with van der Waals surface area (Å²) in [6.07, 6.45) is 1.51. The summed E-state index contributed by atoms with van der Waals surface area (Å²) < 4.78 is 26.2. The Morgan fingerprint density at radius 2 is 2.11 bits per heavy atom. The van der Waals surface area contributed by atoms with Gasteiger partial charge < -0.3 is 15.5 Å². The van der Waals surface area contributed by atoms with Gasteiger partial charge in [-0.15, -0.1) is 0 Å². The molecule has 19 heavy (non-hydrogen) atoms. The lowest BCUT2D eigenvalue weighted by Gasteiger charge is -2.17. The lowest BCUT2D eigenvalue weighted by atomic mass is 10.1. The van der Waals surface area contributed by atoms with Crippen LogP contribution in [-0.2, 0) is 0 Å². The number of nitrogens with one attached hydrogen (secondary N) is 1. The summed E-state index contributed by atoms with van der Waals surface area (Å²) in [4.78, 5) is 0. The zero-order valence-electron chi connectivity index (χ0n) is 10.6. The van der Waals surface area contributed by atoms with Gasteiger partial charge in [0.25, 0.3) is 0 Å². The van der Waals surface area contributed by atoms with Gasteiger partial charge in [0.15, 0.2) is 0 Å². The molecule has 3 unspecified atom stereocenters. The van der Waals surface area contributed by atoms with Gasteiger partial charge in [-0.1, -0.05) is 12.5 Å². The van der Waals surface area contributed by atoms with Gasteiger partial charge in [0.2, 0.25) is 0 Å². The Morgan fingerprint density at radius 3 is 2.74 bits per heavy atom. The summed E-state index contributed by atoms with van der Waals surface area (Å²) >= 11 is 0. The molecule has 2 rings (SSSR count). The van der Waals surface area contributed by atoms with Crippen molar-refractivity contribution in [3.8, 4) is 0 Å². The van der Waals surface area contributed by atoms with Crippen LogP contribution in [0, 0.1) is 17.6 Å². The molecule has 0 heterocycles. The molecule has 1 aliphatic carbocycles. The molecule has 1 aromatic carbocycles. The van der Waals surface area contributed by atoms with E-state index in [-0.39, 0.29) is 24.1 Å². The number of hydrogen-bond donors (Lipinski definition) is 3. The third kappa shape index (κ3) is 3.72. The van der Waals surface area contributed by atoms with Crippen LogP contribution in [0.1, 0.15) is 30.9 Å². The molecule has 1 fully saturated rings. The van der Waals surface area contributed by atoms with Crippen LogP contribution in [0.5, 0.6) is 0 Å². The van der Waals surface area contributed by atoms with Gasteiger partial charge in [0.1, 0.15) is 11.6 Å². The Kier molecular flexibility index (Phi) is 4.85. The van der Waals surface area contributed by atoms with E-state index >= 15 is 0 Å². The summed E-state index contributed by atoms with van der Waals surface area (Å²) in [6.45, 7) is 0.785. The van der Waals surface area contributed by atoms with Gasteiger partial charge in [-0.25, -0.2) is 8.78 Å². The van der Waals surface area contributed by atoms with Crippen LogP contribution in [0.25, 0.3) is 0 Å². The summed E-state index contributed by atoms with van der Waals surface area (Å²) in [5, 5.41) is 22.5. The van der Waals surface area contributed by atoms with Crippen molar-refractivity contribution in [2.24, 2.45) is 5.92 Å². The Balaban J connectivity index is 1.82. The second-order valence-electron chi connectivity index (χ2n) is 5.10. The monoisotopic (exact) mass is 271 g/mol. The van der Waals surface area contributed by atoms with E-state index < -0.39 is 17.7 Å². The maximum atomic E-state index is 13.4. The molecular weight excluding hydrogens is 252 g/mol. The fraction of sp³-hybridized carbons (Fsp3) is 0.571. The maximum absolute atomic E-state index is 13.4. The highest BCUT2D eigenvalue weighted by molar-refractivity contribution is 5.21. The second kappa shape index (κ2) is 6.41. The molecule has 3 atom stereocenters. The van der Waals surface area contributed by atoms with Crippen molar-refractivity contribution in [1.29, 1.82) is 0 Å². The molecule has 1 aliphatic rings. The Morgan fingerprint density at radius 1 is 1.32 bits per heavy atom. The summed E-state index contributed by atoms with van der Waals surface area (Å²) in [5.74, 6) is -1.20. The van der Waals surface area contributed by atoms with Crippen molar-refractivity contribution >= 4 is 0 Å². The van der Waals surface area contributed by atoms with Crippen LogP contribution in [0.3, 0.4) is 0 Å². The first-order chi connectivity index (χ1) is 9.08. The molecule has 0 spiro atoms. The van der Waals surface area contributed by atoms with Crippen LogP contribution in [0.2, 0.25) is 0 Å². The molecule has 0 aromatic heterocycles. The Labute approximate surface area is 111 Å². The third-order valence-electron chi connectivity index (χ3n) is 3.68. The Hall–Kier alpha value is -1.04. The lowest BCUT2D eigenvalue weighted by Crippen LogP contribution is -2.31. The normalized spacial score (nSPS) is 24.6. The van der Waals surface area contributed by atoms with Gasteiger partial charge in [0, 0.05) is 24.7 Å². The quantitative estimate of drug-likeness (QED) is 0.764. The highest BCUT2D eigenvalue weighted by atomic mass is 19.1. The van der Waals surface area contributed by atoms with E-state index in [0.29, 0.717) is 6.54 Å². The minimum Gasteiger partial charge on any atom is -0.393 e. The first-order valence-electron chi connectivity index (χ1n) is 6.59. The first-order valence-corrected chi connectivity index (χ1v) is 6.59. The highest BCUT2D eigenvalue weighted by Gasteiger charge is 2.24. The molecular formula is C14H19F2NO2. The average Bonchev–Trinajstić information content (AvgIpc) is 2.75. The SMILES string of the molecule is OC(CNCC1CCCC1O)c1ccc(F)cc1F. The maximum Gasteiger partial charge on any atom is 0.131 e. The predicted octanol–water partition coefficient (Wildman–Crippen LogP) is 1.75. The van der Waals surface area contributed by atoms with Gasteiger partial charge >= 0.3 is 0 Å². The lowest BCUT2D eigenvalue weighted by molar-refractivity contribution is 0.124. The zero-order chi connectivity index (χ0) is 13.8. The molecule has 106 valence electrons. The van der Waals surface area contributed by atoms with Gasteiger partial charge in [-0.3, -0.25) is 0 Å². The van der Waals surface area contributed by atoms with Crippen molar-refractivity contribution < 1.29 is 19.0 Å². The molecule has 3 N–H and O–H groups in total. The number of aliphatic hydroxyl groups is 2. The average molecular weight is 271 g/mol. The van der Waals surface area contributed by atoms with E-state index in [0.717, 1.165) is 31.4 Å². The minimum atomic E-state index is -1.01. The minimum absolute atomic E-state index is 0.0841.